The lowest BCUT2D eigenvalue weighted by molar-refractivity contribution is -0.120. The van der Waals surface area contributed by atoms with Crippen molar-refractivity contribution < 1.29 is 17.6 Å². The Labute approximate surface area is 127 Å². The van der Waals surface area contributed by atoms with E-state index < -0.39 is 15.9 Å². The number of nitrogens with one attached hydrogen (secondary N) is 2. The van der Waals surface area contributed by atoms with E-state index in [4.69, 9.17) is 4.42 Å². The van der Waals surface area contributed by atoms with Gasteiger partial charge in [0, 0.05) is 4.88 Å². The summed E-state index contributed by atoms with van der Waals surface area (Å²) in [6.45, 7) is 3.62. The van der Waals surface area contributed by atoms with Crippen LogP contribution in [-0.4, -0.2) is 20.9 Å². The van der Waals surface area contributed by atoms with Crippen molar-refractivity contribution >= 4 is 27.3 Å². The topological polar surface area (TPSA) is 88.4 Å². The molecule has 2 aromatic rings. The van der Waals surface area contributed by atoms with Crippen LogP contribution in [0.25, 0.3) is 0 Å². The quantitative estimate of drug-likeness (QED) is 0.842. The second-order valence-electron chi connectivity index (χ2n) is 4.49. The minimum atomic E-state index is -3.64. The summed E-state index contributed by atoms with van der Waals surface area (Å²) < 4.78 is 31.6. The highest BCUT2D eigenvalue weighted by Gasteiger charge is 2.18. The van der Waals surface area contributed by atoms with Crippen LogP contribution < -0.4 is 10.0 Å². The van der Waals surface area contributed by atoms with Gasteiger partial charge in [0.15, 0.2) is 0 Å². The van der Waals surface area contributed by atoms with Crippen LogP contribution in [0.1, 0.15) is 16.2 Å². The Morgan fingerprint density at radius 1 is 1.38 bits per heavy atom. The van der Waals surface area contributed by atoms with Crippen molar-refractivity contribution in [1.29, 1.82) is 0 Å². The third kappa shape index (κ3) is 4.16. The standard InChI is InChI=1S/C13H16N2O4S2/c1-9-6-13(20-10(9)2)21(17,18)15-8-12(16)14-7-11-4-3-5-19-11/h3-6,15H,7-8H2,1-2H3,(H,14,16). The molecule has 2 N–H and O–H groups in total. The van der Waals surface area contributed by atoms with E-state index in [1.54, 1.807) is 18.2 Å². The first-order valence-corrected chi connectivity index (χ1v) is 8.54. The smallest absolute Gasteiger partial charge is 0.250 e. The molecule has 0 atom stereocenters. The molecule has 0 aliphatic rings. The molecule has 2 aromatic heterocycles. The van der Waals surface area contributed by atoms with Gasteiger partial charge in [-0.2, -0.15) is 0 Å². The number of amides is 1. The van der Waals surface area contributed by atoms with Gasteiger partial charge in [-0.25, -0.2) is 13.1 Å². The Balaban J connectivity index is 1.88. The average Bonchev–Trinajstić information content (AvgIpc) is 3.05. The van der Waals surface area contributed by atoms with Crippen LogP contribution in [0, 0.1) is 13.8 Å². The molecule has 0 saturated heterocycles. The van der Waals surface area contributed by atoms with E-state index in [-0.39, 0.29) is 17.3 Å². The Bertz CT molecular complexity index is 698. The molecule has 0 unspecified atom stereocenters. The van der Waals surface area contributed by atoms with Crippen LogP contribution in [0.4, 0.5) is 0 Å². The molecule has 0 aliphatic heterocycles. The van der Waals surface area contributed by atoms with Gasteiger partial charge in [0.25, 0.3) is 10.0 Å². The molecular weight excluding hydrogens is 312 g/mol. The molecule has 6 nitrogen and oxygen atoms in total. The second kappa shape index (κ2) is 6.42. The molecule has 0 fully saturated rings. The largest absolute Gasteiger partial charge is 0.467 e. The van der Waals surface area contributed by atoms with Crippen LogP contribution in [0.3, 0.4) is 0 Å². The van der Waals surface area contributed by atoms with E-state index >= 15 is 0 Å². The molecule has 21 heavy (non-hydrogen) atoms. The van der Waals surface area contributed by atoms with E-state index in [0.717, 1.165) is 10.4 Å². The lowest BCUT2D eigenvalue weighted by Gasteiger charge is -2.05. The number of sulfonamides is 1. The maximum Gasteiger partial charge on any atom is 0.250 e. The van der Waals surface area contributed by atoms with Gasteiger partial charge in [-0.15, -0.1) is 11.3 Å². The lowest BCUT2D eigenvalue weighted by Crippen LogP contribution is -2.36. The molecule has 0 aromatic carbocycles. The molecule has 1 amide bonds. The van der Waals surface area contributed by atoms with Gasteiger partial charge >= 0.3 is 0 Å². The Morgan fingerprint density at radius 2 is 2.14 bits per heavy atom. The SMILES string of the molecule is Cc1cc(S(=O)(=O)NCC(=O)NCc2ccco2)sc1C. The van der Waals surface area contributed by atoms with Crippen LogP contribution in [0.2, 0.25) is 0 Å². The first-order chi connectivity index (χ1) is 9.88. The summed E-state index contributed by atoms with van der Waals surface area (Å²) in [7, 11) is -3.64. The molecule has 0 saturated carbocycles. The first-order valence-electron chi connectivity index (χ1n) is 6.24. The van der Waals surface area contributed by atoms with Crippen LogP contribution >= 0.6 is 11.3 Å². The molecule has 2 rings (SSSR count). The highest BCUT2D eigenvalue weighted by atomic mass is 32.2. The van der Waals surface area contributed by atoms with Gasteiger partial charge in [0.05, 0.1) is 19.4 Å². The van der Waals surface area contributed by atoms with Gasteiger partial charge in [0.1, 0.15) is 9.97 Å². The fraction of sp³-hybridized carbons (Fsp3) is 0.308. The summed E-state index contributed by atoms with van der Waals surface area (Å²) in [6, 6.07) is 5.04. The summed E-state index contributed by atoms with van der Waals surface area (Å²) in [5.74, 6) is 0.190. The predicted octanol–water partition coefficient (Wildman–Crippen LogP) is 1.55. The fourth-order valence-electron chi connectivity index (χ4n) is 1.56. The third-order valence-electron chi connectivity index (χ3n) is 2.87. The van der Waals surface area contributed by atoms with E-state index in [1.807, 2.05) is 13.8 Å². The molecule has 2 heterocycles. The number of hydrogen-bond donors (Lipinski definition) is 2. The summed E-state index contributed by atoms with van der Waals surface area (Å²) in [6.07, 6.45) is 1.51. The Kier molecular flexibility index (Phi) is 4.81. The van der Waals surface area contributed by atoms with Crippen molar-refractivity contribution in [1.82, 2.24) is 10.0 Å². The monoisotopic (exact) mass is 328 g/mol. The van der Waals surface area contributed by atoms with E-state index in [1.165, 1.54) is 17.6 Å². The maximum atomic E-state index is 12.0. The van der Waals surface area contributed by atoms with Crippen LogP contribution in [0.5, 0.6) is 0 Å². The zero-order chi connectivity index (χ0) is 15.5. The second-order valence-corrected chi connectivity index (χ2v) is 7.74. The van der Waals surface area contributed by atoms with Crippen LogP contribution in [-0.2, 0) is 21.4 Å². The van der Waals surface area contributed by atoms with Gasteiger partial charge in [-0.3, -0.25) is 4.79 Å². The van der Waals surface area contributed by atoms with E-state index in [2.05, 4.69) is 10.0 Å². The van der Waals surface area contributed by atoms with Gasteiger partial charge in [-0.05, 0) is 37.6 Å². The molecule has 114 valence electrons. The third-order valence-corrected chi connectivity index (χ3v) is 5.90. The highest BCUT2D eigenvalue weighted by molar-refractivity contribution is 7.91. The van der Waals surface area contributed by atoms with Crippen molar-refractivity contribution in [3.05, 3.63) is 40.7 Å². The maximum absolute atomic E-state index is 12.0. The molecule has 0 bridgehead atoms. The number of carbonyl (C=O) groups is 1. The van der Waals surface area contributed by atoms with Crippen molar-refractivity contribution in [2.45, 2.75) is 24.6 Å². The summed E-state index contributed by atoms with van der Waals surface area (Å²) in [5, 5.41) is 2.57. The van der Waals surface area contributed by atoms with Crippen molar-refractivity contribution in [2.24, 2.45) is 0 Å². The first kappa shape index (κ1) is 15.7. The molecule has 8 heteroatoms. The number of furan rings is 1. The predicted molar refractivity (Wildman–Crippen MR) is 79.5 cm³/mol. The minimum Gasteiger partial charge on any atom is -0.467 e. The zero-order valence-electron chi connectivity index (χ0n) is 11.7. The number of rotatable bonds is 6. The number of thiophene rings is 1. The average molecular weight is 328 g/mol. The van der Waals surface area contributed by atoms with E-state index in [0.29, 0.717) is 5.76 Å². The summed E-state index contributed by atoms with van der Waals surface area (Å²) >= 11 is 1.19. The fourth-order valence-corrected chi connectivity index (χ4v) is 4.11. The van der Waals surface area contributed by atoms with E-state index in [9.17, 15) is 13.2 Å². The number of carbonyl (C=O) groups excluding carboxylic acids is 1. The van der Waals surface area contributed by atoms with Gasteiger partial charge in [-0.1, -0.05) is 0 Å². The zero-order valence-corrected chi connectivity index (χ0v) is 13.3. The molecule has 0 spiro atoms. The molecule has 0 aliphatic carbocycles. The van der Waals surface area contributed by atoms with Crippen LogP contribution in [0.15, 0.2) is 33.1 Å². The van der Waals surface area contributed by atoms with Crippen molar-refractivity contribution in [3.8, 4) is 0 Å². The molecule has 0 radical (unpaired) electrons. The summed E-state index contributed by atoms with van der Waals surface area (Å²) in [4.78, 5) is 12.6. The summed E-state index contributed by atoms with van der Waals surface area (Å²) in [5.41, 5.74) is 0.919. The highest BCUT2D eigenvalue weighted by Crippen LogP contribution is 2.24. The Morgan fingerprint density at radius 3 is 2.71 bits per heavy atom. The van der Waals surface area contributed by atoms with Gasteiger partial charge < -0.3 is 9.73 Å². The number of aryl methyl sites for hydroxylation is 2. The minimum absolute atomic E-state index is 0.219. The Hall–Kier alpha value is -1.64. The number of hydrogen-bond acceptors (Lipinski definition) is 5. The van der Waals surface area contributed by atoms with Crippen molar-refractivity contribution in [3.63, 3.8) is 0 Å². The normalized spacial score (nSPS) is 11.5. The molecular formula is C13H16N2O4S2. The van der Waals surface area contributed by atoms with Crippen molar-refractivity contribution in [2.75, 3.05) is 6.54 Å². The lowest BCUT2D eigenvalue weighted by atomic mass is 10.3. The van der Waals surface area contributed by atoms with Gasteiger partial charge in [0.2, 0.25) is 5.91 Å².